The van der Waals surface area contributed by atoms with Crippen LogP contribution in [0, 0.1) is 0 Å². The predicted octanol–water partition coefficient (Wildman–Crippen LogP) is 1.92. The summed E-state index contributed by atoms with van der Waals surface area (Å²) in [6.45, 7) is 5.04. The Kier molecular flexibility index (Phi) is 2.73. The molecule has 0 nitrogen and oxygen atoms in total. The highest BCUT2D eigenvalue weighted by Crippen LogP contribution is 1.94. The van der Waals surface area contributed by atoms with E-state index in [0.717, 1.165) is 0 Å². The average Bonchev–Trinajstić information content (AvgIpc) is 1.65. The van der Waals surface area contributed by atoms with Gasteiger partial charge in [-0.05, 0) is 6.42 Å². The molecule has 0 spiro atoms. The van der Waals surface area contributed by atoms with Crippen LogP contribution in [0.2, 0.25) is 0 Å². The van der Waals surface area contributed by atoms with Gasteiger partial charge >= 0.3 is 0 Å². The normalized spacial score (nSPS) is 13.7. The zero-order valence-electron chi connectivity index (χ0n) is 3.95. The Hall–Kier alpha value is -0.330. The molecule has 0 rings (SSSR count). The summed E-state index contributed by atoms with van der Waals surface area (Å²) in [5.41, 5.74) is 0. The van der Waals surface area contributed by atoms with Crippen molar-refractivity contribution in [3.63, 3.8) is 0 Å². The fourth-order valence-corrected chi connectivity index (χ4v) is 0.167. The molecule has 0 fully saturated rings. The van der Waals surface area contributed by atoms with Gasteiger partial charge in [0.05, 0.1) is 0 Å². The summed E-state index contributed by atoms with van der Waals surface area (Å²) < 4.78 is 11.7. The minimum Gasteiger partial charge on any atom is -0.243 e. The standard InChI is InChI=1S/C5H9F/c1-3-5(6)4-2/h3,5H,1,4H2,2H3. The molecule has 1 unspecified atom stereocenters. The Morgan fingerprint density at radius 3 is 2.50 bits per heavy atom. The number of hydrogen-bond donors (Lipinski definition) is 0. The highest BCUT2D eigenvalue weighted by molar-refractivity contribution is 4.76. The van der Waals surface area contributed by atoms with Gasteiger partial charge in [-0.25, -0.2) is 4.39 Å². The van der Waals surface area contributed by atoms with Gasteiger partial charge in [0, 0.05) is 0 Å². The molecule has 0 aliphatic carbocycles. The van der Waals surface area contributed by atoms with E-state index >= 15 is 0 Å². The van der Waals surface area contributed by atoms with Gasteiger partial charge in [-0.15, -0.1) is 6.58 Å². The molecule has 0 saturated heterocycles. The zero-order valence-corrected chi connectivity index (χ0v) is 3.95. The van der Waals surface area contributed by atoms with Crippen molar-refractivity contribution in [3.05, 3.63) is 12.7 Å². The largest absolute Gasteiger partial charge is 0.243 e. The van der Waals surface area contributed by atoms with E-state index in [-0.39, 0.29) is 0 Å². The highest BCUT2D eigenvalue weighted by atomic mass is 19.1. The predicted molar refractivity (Wildman–Crippen MR) is 25.4 cm³/mol. The lowest BCUT2D eigenvalue weighted by Gasteiger charge is -1.89. The number of allylic oxidation sites excluding steroid dienone is 1. The Morgan fingerprint density at radius 1 is 2.00 bits per heavy atom. The topological polar surface area (TPSA) is 0 Å². The summed E-state index contributed by atoms with van der Waals surface area (Å²) in [6.07, 6.45) is 1.05. The molecule has 0 radical (unpaired) electrons. The summed E-state index contributed by atoms with van der Waals surface area (Å²) in [5.74, 6) is 0. The number of hydrogen-bond acceptors (Lipinski definition) is 0. The van der Waals surface area contributed by atoms with Gasteiger partial charge in [-0.2, -0.15) is 0 Å². The van der Waals surface area contributed by atoms with Crippen LogP contribution >= 0.6 is 0 Å². The van der Waals surface area contributed by atoms with E-state index < -0.39 is 6.17 Å². The second-order valence-corrected chi connectivity index (χ2v) is 1.16. The maximum absolute atomic E-state index is 11.7. The molecule has 0 saturated carbocycles. The number of halogens is 1. The molecule has 0 aliphatic heterocycles. The quantitative estimate of drug-likeness (QED) is 0.452. The maximum Gasteiger partial charge on any atom is 0.118 e. The van der Waals surface area contributed by atoms with E-state index in [9.17, 15) is 4.39 Å². The molecule has 6 heavy (non-hydrogen) atoms. The third-order valence-corrected chi connectivity index (χ3v) is 0.646. The zero-order chi connectivity index (χ0) is 4.99. The summed E-state index contributed by atoms with van der Waals surface area (Å²) in [7, 11) is 0. The maximum atomic E-state index is 11.7. The van der Waals surface area contributed by atoms with Gasteiger partial charge in [0.1, 0.15) is 6.17 Å². The van der Waals surface area contributed by atoms with Crippen molar-refractivity contribution in [2.75, 3.05) is 0 Å². The van der Waals surface area contributed by atoms with Crippen LogP contribution in [0.3, 0.4) is 0 Å². The van der Waals surface area contributed by atoms with Crippen molar-refractivity contribution in [2.45, 2.75) is 19.5 Å². The third kappa shape index (κ3) is 1.94. The van der Waals surface area contributed by atoms with Crippen LogP contribution in [-0.2, 0) is 0 Å². The molecular formula is C5H9F. The molecule has 1 heteroatoms. The fraction of sp³-hybridized carbons (Fsp3) is 0.600. The van der Waals surface area contributed by atoms with Crippen molar-refractivity contribution in [2.24, 2.45) is 0 Å². The van der Waals surface area contributed by atoms with E-state index in [1.807, 2.05) is 0 Å². The van der Waals surface area contributed by atoms with E-state index in [2.05, 4.69) is 6.58 Å². The molecular weight excluding hydrogens is 79.1 g/mol. The van der Waals surface area contributed by atoms with Gasteiger partial charge in [0.15, 0.2) is 0 Å². The van der Waals surface area contributed by atoms with Crippen LogP contribution < -0.4 is 0 Å². The fourth-order valence-electron chi connectivity index (χ4n) is 0.167. The monoisotopic (exact) mass is 88.1 g/mol. The lowest BCUT2D eigenvalue weighted by Crippen LogP contribution is -1.87. The van der Waals surface area contributed by atoms with Gasteiger partial charge < -0.3 is 0 Å². The molecule has 0 aromatic rings. The summed E-state index contributed by atoms with van der Waals surface area (Å²) in [6, 6.07) is 0. The second-order valence-electron chi connectivity index (χ2n) is 1.16. The molecule has 0 amide bonds. The van der Waals surface area contributed by atoms with Crippen LogP contribution in [0.15, 0.2) is 12.7 Å². The van der Waals surface area contributed by atoms with Crippen LogP contribution in [0.4, 0.5) is 4.39 Å². The smallest absolute Gasteiger partial charge is 0.118 e. The van der Waals surface area contributed by atoms with Crippen molar-refractivity contribution >= 4 is 0 Å². The second kappa shape index (κ2) is 2.88. The van der Waals surface area contributed by atoms with Crippen LogP contribution in [0.1, 0.15) is 13.3 Å². The first-order chi connectivity index (χ1) is 2.81. The Balaban J connectivity index is 2.96. The molecule has 1 atom stereocenters. The molecule has 0 aromatic heterocycles. The van der Waals surface area contributed by atoms with Crippen molar-refractivity contribution in [3.8, 4) is 0 Å². The summed E-state index contributed by atoms with van der Waals surface area (Å²) in [5, 5.41) is 0. The summed E-state index contributed by atoms with van der Waals surface area (Å²) in [4.78, 5) is 0. The van der Waals surface area contributed by atoms with E-state index in [0.29, 0.717) is 6.42 Å². The molecule has 36 valence electrons. The minimum absolute atomic E-state index is 0.545. The Bertz CT molecular complexity index is 41.2. The number of alkyl halides is 1. The van der Waals surface area contributed by atoms with Crippen LogP contribution in [0.25, 0.3) is 0 Å². The van der Waals surface area contributed by atoms with Crippen LogP contribution in [0.5, 0.6) is 0 Å². The third-order valence-electron chi connectivity index (χ3n) is 0.646. The van der Waals surface area contributed by atoms with E-state index in [1.54, 1.807) is 6.92 Å². The lowest BCUT2D eigenvalue weighted by molar-refractivity contribution is 0.391. The Morgan fingerprint density at radius 2 is 2.50 bits per heavy atom. The molecule has 0 aliphatic rings. The van der Waals surface area contributed by atoms with Crippen molar-refractivity contribution in [1.29, 1.82) is 0 Å². The SMILES string of the molecule is C=CC(F)CC. The first-order valence-corrected chi connectivity index (χ1v) is 2.08. The molecule has 0 N–H and O–H groups in total. The van der Waals surface area contributed by atoms with E-state index in [4.69, 9.17) is 0 Å². The molecule has 0 heterocycles. The van der Waals surface area contributed by atoms with Crippen LogP contribution in [-0.4, -0.2) is 6.17 Å². The minimum atomic E-state index is -0.801. The van der Waals surface area contributed by atoms with Gasteiger partial charge in [-0.1, -0.05) is 13.0 Å². The Labute approximate surface area is 37.7 Å². The first kappa shape index (κ1) is 5.67. The van der Waals surface area contributed by atoms with Gasteiger partial charge in [-0.3, -0.25) is 0 Å². The van der Waals surface area contributed by atoms with Crippen molar-refractivity contribution < 1.29 is 4.39 Å². The first-order valence-electron chi connectivity index (χ1n) is 2.08. The van der Waals surface area contributed by atoms with Gasteiger partial charge in [0.25, 0.3) is 0 Å². The molecule has 0 aromatic carbocycles. The molecule has 0 bridgehead atoms. The van der Waals surface area contributed by atoms with Crippen molar-refractivity contribution in [1.82, 2.24) is 0 Å². The number of rotatable bonds is 2. The lowest BCUT2D eigenvalue weighted by atomic mass is 10.3. The summed E-state index contributed by atoms with van der Waals surface area (Å²) >= 11 is 0. The van der Waals surface area contributed by atoms with E-state index in [1.165, 1.54) is 6.08 Å². The highest BCUT2D eigenvalue weighted by Gasteiger charge is 1.89. The van der Waals surface area contributed by atoms with Gasteiger partial charge in [0.2, 0.25) is 0 Å². The average molecular weight is 88.1 g/mol.